The number of nitrogens with one attached hydrogen (secondary N) is 2. The maximum Gasteiger partial charge on any atom is 0.191 e. The Morgan fingerprint density at radius 2 is 2.05 bits per heavy atom. The van der Waals surface area contributed by atoms with E-state index in [0.717, 1.165) is 50.5 Å². The van der Waals surface area contributed by atoms with Crippen molar-refractivity contribution < 1.29 is 0 Å². The second-order valence-corrected chi connectivity index (χ2v) is 5.53. The minimum Gasteiger partial charge on any atom is -0.357 e. The van der Waals surface area contributed by atoms with E-state index in [-0.39, 0.29) is 24.0 Å². The van der Waals surface area contributed by atoms with Gasteiger partial charge in [-0.25, -0.2) is 0 Å². The Morgan fingerprint density at radius 3 is 2.58 bits per heavy atom. The van der Waals surface area contributed by atoms with E-state index >= 15 is 0 Å². The molecule has 1 saturated carbocycles. The lowest BCUT2D eigenvalue weighted by molar-refractivity contribution is 0.286. The van der Waals surface area contributed by atoms with Crippen LogP contribution in [0.5, 0.6) is 0 Å². The predicted molar refractivity (Wildman–Crippen MR) is 98.0 cm³/mol. The molecule has 4 nitrogen and oxygen atoms in total. The lowest BCUT2D eigenvalue weighted by atomic mass is 10.4. The summed E-state index contributed by atoms with van der Waals surface area (Å²) in [7, 11) is 0. The van der Waals surface area contributed by atoms with E-state index in [1.54, 1.807) is 0 Å². The summed E-state index contributed by atoms with van der Waals surface area (Å²) in [5, 5.41) is 6.65. The van der Waals surface area contributed by atoms with Crippen LogP contribution >= 0.6 is 35.7 Å². The Hall–Kier alpha value is 0.310. The van der Waals surface area contributed by atoms with Crippen molar-refractivity contribution in [3.05, 3.63) is 0 Å². The number of aliphatic imine (C=N–C) groups is 1. The molecular formula is C13H29IN4S. The van der Waals surface area contributed by atoms with Crippen LogP contribution in [0, 0.1) is 0 Å². The summed E-state index contributed by atoms with van der Waals surface area (Å²) in [6.45, 7) is 9.37. The zero-order chi connectivity index (χ0) is 13.2. The number of halogens is 1. The van der Waals surface area contributed by atoms with Gasteiger partial charge in [-0.1, -0.05) is 6.92 Å². The average Bonchev–Trinajstić information content (AvgIpc) is 3.19. The highest BCUT2D eigenvalue weighted by Crippen LogP contribution is 2.25. The molecule has 0 amide bonds. The quantitative estimate of drug-likeness (QED) is 0.269. The summed E-state index contributed by atoms with van der Waals surface area (Å²) in [6, 6.07) is 0.845. The van der Waals surface area contributed by atoms with Crippen molar-refractivity contribution >= 4 is 41.7 Å². The summed E-state index contributed by atoms with van der Waals surface area (Å²) < 4.78 is 0. The molecular weight excluding hydrogens is 371 g/mol. The maximum atomic E-state index is 4.63. The molecule has 0 saturated heterocycles. The molecule has 0 aliphatic heterocycles. The van der Waals surface area contributed by atoms with Crippen molar-refractivity contribution in [2.24, 2.45) is 4.99 Å². The largest absolute Gasteiger partial charge is 0.357 e. The normalized spacial score (nSPS) is 15.3. The summed E-state index contributed by atoms with van der Waals surface area (Å²) in [4.78, 5) is 7.16. The summed E-state index contributed by atoms with van der Waals surface area (Å²) in [6.07, 6.45) is 4.88. The second-order valence-electron chi connectivity index (χ2n) is 4.54. The van der Waals surface area contributed by atoms with Gasteiger partial charge in [0.1, 0.15) is 0 Å². The average molecular weight is 400 g/mol. The molecule has 0 aromatic heterocycles. The van der Waals surface area contributed by atoms with Gasteiger partial charge in [-0.05, 0) is 32.6 Å². The first-order valence-corrected chi connectivity index (χ1v) is 8.46. The molecule has 0 spiro atoms. The van der Waals surface area contributed by atoms with Crippen LogP contribution in [-0.2, 0) is 0 Å². The first-order valence-electron chi connectivity index (χ1n) is 7.07. The number of hydrogen-bond acceptors (Lipinski definition) is 3. The van der Waals surface area contributed by atoms with Gasteiger partial charge >= 0.3 is 0 Å². The molecule has 1 fully saturated rings. The van der Waals surface area contributed by atoms with Gasteiger partial charge in [0.25, 0.3) is 0 Å². The predicted octanol–water partition coefficient (Wildman–Crippen LogP) is 2.01. The zero-order valence-corrected chi connectivity index (χ0v) is 15.6. The topological polar surface area (TPSA) is 39.7 Å². The van der Waals surface area contributed by atoms with Crippen molar-refractivity contribution in [2.75, 3.05) is 44.7 Å². The van der Waals surface area contributed by atoms with Crippen LogP contribution in [-0.4, -0.2) is 61.6 Å². The molecule has 6 heteroatoms. The van der Waals surface area contributed by atoms with Crippen LogP contribution in [0.1, 0.15) is 26.7 Å². The summed E-state index contributed by atoms with van der Waals surface area (Å²) in [5.41, 5.74) is 0. The van der Waals surface area contributed by atoms with Crippen molar-refractivity contribution in [3.63, 3.8) is 0 Å². The highest BCUT2D eigenvalue weighted by Gasteiger charge is 2.26. The smallest absolute Gasteiger partial charge is 0.191 e. The maximum absolute atomic E-state index is 4.63. The number of hydrogen-bond donors (Lipinski definition) is 2. The third kappa shape index (κ3) is 8.96. The molecule has 1 rings (SSSR count). The lowest BCUT2D eigenvalue weighted by Crippen LogP contribution is -2.39. The summed E-state index contributed by atoms with van der Waals surface area (Å²) in [5.74, 6) is 2.08. The highest BCUT2D eigenvalue weighted by molar-refractivity contribution is 14.0. The SMILES string of the molecule is CCNC(=NCCN(CC)C1CC1)NCCSC.I. The molecule has 0 bridgehead atoms. The van der Waals surface area contributed by atoms with Crippen molar-refractivity contribution in [1.82, 2.24) is 15.5 Å². The molecule has 114 valence electrons. The van der Waals surface area contributed by atoms with E-state index in [1.807, 2.05) is 11.8 Å². The Balaban J connectivity index is 0.00000324. The van der Waals surface area contributed by atoms with Crippen LogP contribution in [0.15, 0.2) is 4.99 Å². The van der Waals surface area contributed by atoms with Gasteiger partial charge < -0.3 is 10.6 Å². The van der Waals surface area contributed by atoms with E-state index < -0.39 is 0 Å². The highest BCUT2D eigenvalue weighted by atomic mass is 127. The van der Waals surface area contributed by atoms with Gasteiger partial charge in [0, 0.05) is 31.4 Å². The molecule has 1 aliphatic carbocycles. The lowest BCUT2D eigenvalue weighted by Gasteiger charge is -2.18. The number of thioether (sulfide) groups is 1. The molecule has 0 atom stereocenters. The molecule has 0 radical (unpaired) electrons. The Morgan fingerprint density at radius 1 is 1.32 bits per heavy atom. The van der Waals surface area contributed by atoms with E-state index in [2.05, 4.69) is 40.6 Å². The summed E-state index contributed by atoms with van der Waals surface area (Å²) >= 11 is 1.85. The van der Waals surface area contributed by atoms with Crippen molar-refractivity contribution in [1.29, 1.82) is 0 Å². The van der Waals surface area contributed by atoms with Gasteiger partial charge in [0.15, 0.2) is 5.96 Å². The van der Waals surface area contributed by atoms with Crippen LogP contribution in [0.3, 0.4) is 0 Å². The Kier molecular flexibility index (Phi) is 12.3. The molecule has 2 N–H and O–H groups in total. The van der Waals surface area contributed by atoms with Crippen LogP contribution in [0.4, 0.5) is 0 Å². The van der Waals surface area contributed by atoms with E-state index in [4.69, 9.17) is 0 Å². The third-order valence-corrected chi connectivity index (χ3v) is 3.68. The Labute approximate surface area is 139 Å². The van der Waals surface area contributed by atoms with E-state index in [0.29, 0.717) is 0 Å². The van der Waals surface area contributed by atoms with Gasteiger partial charge in [-0.15, -0.1) is 24.0 Å². The molecule has 0 aromatic rings. The molecule has 0 aromatic carbocycles. The molecule has 0 heterocycles. The number of rotatable bonds is 9. The monoisotopic (exact) mass is 400 g/mol. The molecule has 1 aliphatic rings. The van der Waals surface area contributed by atoms with Gasteiger partial charge in [-0.2, -0.15) is 11.8 Å². The van der Waals surface area contributed by atoms with Crippen LogP contribution in [0.25, 0.3) is 0 Å². The fraction of sp³-hybridized carbons (Fsp3) is 0.923. The first kappa shape index (κ1) is 19.3. The number of likely N-dealkylation sites (N-methyl/N-ethyl adjacent to an activating group) is 1. The van der Waals surface area contributed by atoms with E-state index in [1.165, 1.54) is 12.8 Å². The standard InChI is InChI=1S/C13H28N4S.HI/c1-4-14-13(16-9-11-18-3)15-8-10-17(5-2)12-6-7-12;/h12H,4-11H2,1-3H3,(H2,14,15,16);1H. The first-order chi connectivity index (χ1) is 8.81. The zero-order valence-electron chi connectivity index (χ0n) is 12.4. The minimum absolute atomic E-state index is 0. The number of guanidine groups is 1. The van der Waals surface area contributed by atoms with Gasteiger partial charge in [-0.3, -0.25) is 9.89 Å². The van der Waals surface area contributed by atoms with Crippen molar-refractivity contribution in [3.8, 4) is 0 Å². The third-order valence-electron chi connectivity index (χ3n) is 3.07. The molecule has 0 unspecified atom stereocenters. The fourth-order valence-corrected chi connectivity index (χ4v) is 2.25. The number of nitrogens with zero attached hydrogens (tertiary/aromatic N) is 2. The van der Waals surface area contributed by atoms with Gasteiger partial charge in [0.2, 0.25) is 0 Å². The van der Waals surface area contributed by atoms with Crippen molar-refractivity contribution in [2.45, 2.75) is 32.7 Å². The van der Waals surface area contributed by atoms with E-state index in [9.17, 15) is 0 Å². The Bertz CT molecular complexity index is 247. The van der Waals surface area contributed by atoms with Gasteiger partial charge in [0.05, 0.1) is 6.54 Å². The van der Waals surface area contributed by atoms with Crippen LogP contribution in [0.2, 0.25) is 0 Å². The minimum atomic E-state index is 0. The fourth-order valence-electron chi connectivity index (χ4n) is 1.94. The van der Waals surface area contributed by atoms with Crippen LogP contribution < -0.4 is 10.6 Å². The molecule has 19 heavy (non-hydrogen) atoms. The second kappa shape index (κ2) is 12.1.